The largest absolute Gasteiger partial charge is 0.379 e. The van der Waals surface area contributed by atoms with Crippen LogP contribution in [0.4, 0.5) is 5.69 Å². The summed E-state index contributed by atoms with van der Waals surface area (Å²) in [5, 5.41) is 0. The summed E-state index contributed by atoms with van der Waals surface area (Å²) in [5.41, 5.74) is 1.35. The molecule has 0 radical (unpaired) electrons. The van der Waals surface area contributed by atoms with Crippen LogP contribution < -0.4 is 4.90 Å². The molecule has 3 aliphatic rings. The highest BCUT2D eigenvalue weighted by Gasteiger charge is 2.40. The molecule has 0 bridgehead atoms. The highest BCUT2D eigenvalue weighted by atomic mass is 32.2. The van der Waals surface area contributed by atoms with Gasteiger partial charge in [-0.15, -0.1) is 0 Å². The summed E-state index contributed by atoms with van der Waals surface area (Å²) in [6.07, 6.45) is 1.41. The average Bonchev–Trinajstić information content (AvgIpc) is 3.19. The third-order valence-corrected chi connectivity index (χ3v) is 8.39. The van der Waals surface area contributed by atoms with Gasteiger partial charge in [0.05, 0.1) is 18.1 Å². The molecule has 1 aromatic rings. The number of piperazine rings is 1. The number of carbonyl (C=O) groups excluding carboxylic acids is 2. The Bertz CT molecular complexity index is 969. The second-order valence-corrected chi connectivity index (χ2v) is 10.5. The van der Waals surface area contributed by atoms with Crippen LogP contribution in [0, 0.1) is 0 Å². The van der Waals surface area contributed by atoms with Gasteiger partial charge in [0.1, 0.15) is 6.04 Å². The summed E-state index contributed by atoms with van der Waals surface area (Å²) in [7, 11) is -3.64. The first-order valence-corrected chi connectivity index (χ1v) is 12.8. The van der Waals surface area contributed by atoms with Gasteiger partial charge in [0.2, 0.25) is 21.8 Å². The van der Waals surface area contributed by atoms with Crippen molar-refractivity contribution in [3.63, 3.8) is 0 Å². The molecular formula is C22H32N4O5S. The lowest BCUT2D eigenvalue weighted by Gasteiger charge is -2.37. The number of fused-ring (bicyclic) bond motifs is 1. The van der Waals surface area contributed by atoms with Crippen molar-refractivity contribution in [2.75, 3.05) is 63.9 Å². The predicted molar refractivity (Wildman–Crippen MR) is 120 cm³/mol. The molecule has 2 amide bonds. The molecule has 3 heterocycles. The average molecular weight is 465 g/mol. The Kier molecular flexibility index (Phi) is 6.85. The Morgan fingerprint density at radius 1 is 1.06 bits per heavy atom. The molecule has 10 heteroatoms. The maximum atomic E-state index is 13.4. The first kappa shape index (κ1) is 23.2. The molecule has 0 spiro atoms. The van der Waals surface area contributed by atoms with Crippen molar-refractivity contribution in [3.8, 4) is 0 Å². The van der Waals surface area contributed by atoms with Gasteiger partial charge < -0.3 is 9.64 Å². The summed E-state index contributed by atoms with van der Waals surface area (Å²) in [5.74, 6) is -0.277. The number of sulfonamides is 1. The quantitative estimate of drug-likeness (QED) is 0.632. The van der Waals surface area contributed by atoms with E-state index in [1.807, 2.05) is 4.90 Å². The SMILES string of the molecule is CCCN1CCN(C(=O)[C@H]2Cc3cc(S(=O)(=O)N4CCOCC4)ccc3N2C(C)=O)CC1. The predicted octanol–water partition coefficient (Wildman–Crippen LogP) is 0.539. The monoisotopic (exact) mass is 464 g/mol. The molecule has 176 valence electrons. The van der Waals surface area contributed by atoms with E-state index in [-0.39, 0.29) is 16.7 Å². The maximum Gasteiger partial charge on any atom is 0.246 e. The highest BCUT2D eigenvalue weighted by Crippen LogP contribution is 2.35. The summed E-state index contributed by atoms with van der Waals surface area (Å²) < 4.78 is 32.8. The first-order valence-electron chi connectivity index (χ1n) is 11.3. The number of rotatable bonds is 5. The second-order valence-electron chi connectivity index (χ2n) is 8.58. The molecule has 3 aliphatic heterocycles. The number of morpholine rings is 1. The lowest BCUT2D eigenvalue weighted by molar-refractivity contribution is -0.135. The Morgan fingerprint density at radius 2 is 1.75 bits per heavy atom. The van der Waals surface area contributed by atoms with E-state index in [0.717, 1.165) is 31.6 Å². The topological polar surface area (TPSA) is 90.5 Å². The van der Waals surface area contributed by atoms with Crippen molar-refractivity contribution >= 4 is 27.5 Å². The highest BCUT2D eigenvalue weighted by molar-refractivity contribution is 7.89. The van der Waals surface area contributed by atoms with E-state index < -0.39 is 16.1 Å². The van der Waals surface area contributed by atoms with Crippen molar-refractivity contribution in [1.82, 2.24) is 14.1 Å². The van der Waals surface area contributed by atoms with E-state index in [4.69, 9.17) is 4.74 Å². The number of nitrogens with zero attached hydrogens (tertiary/aromatic N) is 4. The Hall–Kier alpha value is -2.01. The lowest BCUT2D eigenvalue weighted by atomic mass is 10.1. The van der Waals surface area contributed by atoms with E-state index in [1.165, 1.54) is 22.2 Å². The summed E-state index contributed by atoms with van der Waals surface area (Å²) >= 11 is 0. The van der Waals surface area contributed by atoms with Crippen LogP contribution in [-0.2, 0) is 30.8 Å². The Balaban J connectivity index is 1.54. The molecule has 2 fully saturated rings. The fraction of sp³-hybridized carbons (Fsp3) is 0.636. The van der Waals surface area contributed by atoms with Crippen LogP contribution in [0.1, 0.15) is 25.8 Å². The van der Waals surface area contributed by atoms with Gasteiger partial charge in [0, 0.05) is 58.3 Å². The van der Waals surface area contributed by atoms with Crippen molar-refractivity contribution < 1.29 is 22.7 Å². The number of anilines is 1. The molecule has 0 aliphatic carbocycles. The number of benzene rings is 1. The van der Waals surface area contributed by atoms with E-state index >= 15 is 0 Å². The molecule has 2 saturated heterocycles. The van der Waals surface area contributed by atoms with Gasteiger partial charge in [-0.2, -0.15) is 4.31 Å². The van der Waals surface area contributed by atoms with Crippen LogP contribution >= 0.6 is 0 Å². The number of amides is 2. The zero-order valence-corrected chi connectivity index (χ0v) is 19.6. The fourth-order valence-electron chi connectivity index (χ4n) is 4.83. The van der Waals surface area contributed by atoms with Crippen LogP contribution in [0.2, 0.25) is 0 Å². The van der Waals surface area contributed by atoms with Gasteiger partial charge in [-0.1, -0.05) is 6.92 Å². The molecule has 0 N–H and O–H groups in total. The third-order valence-electron chi connectivity index (χ3n) is 6.49. The van der Waals surface area contributed by atoms with Crippen molar-refractivity contribution in [2.45, 2.75) is 37.6 Å². The molecule has 0 aromatic heterocycles. The van der Waals surface area contributed by atoms with Gasteiger partial charge in [-0.3, -0.25) is 19.4 Å². The number of hydrogen-bond donors (Lipinski definition) is 0. The summed E-state index contributed by atoms with van der Waals surface area (Å²) in [6.45, 7) is 8.99. The normalized spacial score (nSPS) is 22.8. The minimum absolute atomic E-state index is 0.0647. The van der Waals surface area contributed by atoms with E-state index in [2.05, 4.69) is 11.8 Å². The standard InChI is InChI=1S/C22H32N4O5S/c1-3-6-23-7-9-24(10-8-23)22(28)21-16-18-15-19(4-5-20(18)26(21)17(2)27)32(29,30)25-11-13-31-14-12-25/h4-5,15,21H,3,6-14,16H2,1-2H3/t21-/m1/s1. The molecule has 9 nitrogen and oxygen atoms in total. The minimum atomic E-state index is -3.64. The fourth-order valence-corrected chi connectivity index (χ4v) is 6.29. The second kappa shape index (κ2) is 9.46. The minimum Gasteiger partial charge on any atom is -0.379 e. The van der Waals surface area contributed by atoms with E-state index in [1.54, 1.807) is 12.1 Å². The van der Waals surface area contributed by atoms with Gasteiger partial charge in [0.25, 0.3) is 0 Å². The van der Waals surface area contributed by atoms with Gasteiger partial charge in [0.15, 0.2) is 0 Å². The zero-order chi connectivity index (χ0) is 22.9. The summed E-state index contributed by atoms with van der Waals surface area (Å²) in [4.78, 5) is 31.7. The molecule has 1 atom stereocenters. The smallest absolute Gasteiger partial charge is 0.246 e. The van der Waals surface area contributed by atoms with Crippen LogP contribution in [0.5, 0.6) is 0 Å². The molecule has 0 unspecified atom stereocenters. The van der Waals surface area contributed by atoms with Gasteiger partial charge in [-0.05, 0) is 36.7 Å². The van der Waals surface area contributed by atoms with Crippen molar-refractivity contribution in [2.24, 2.45) is 0 Å². The lowest BCUT2D eigenvalue weighted by Crippen LogP contribution is -2.55. The molecule has 4 rings (SSSR count). The number of hydrogen-bond acceptors (Lipinski definition) is 6. The molecular weight excluding hydrogens is 432 g/mol. The summed E-state index contributed by atoms with van der Waals surface area (Å²) in [6, 6.07) is 4.20. The first-order chi connectivity index (χ1) is 15.3. The number of ether oxygens (including phenoxy) is 1. The number of carbonyl (C=O) groups is 2. The maximum absolute atomic E-state index is 13.4. The van der Waals surface area contributed by atoms with E-state index in [9.17, 15) is 18.0 Å². The van der Waals surface area contributed by atoms with Gasteiger partial charge in [-0.25, -0.2) is 8.42 Å². The zero-order valence-electron chi connectivity index (χ0n) is 18.8. The molecule has 1 aromatic carbocycles. The Morgan fingerprint density at radius 3 is 2.38 bits per heavy atom. The van der Waals surface area contributed by atoms with Crippen LogP contribution in [0.3, 0.4) is 0 Å². The Labute approximate surface area is 189 Å². The van der Waals surface area contributed by atoms with Crippen LogP contribution in [0.25, 0.3) is 0 Å². The van der Waals surface area contributed by atoms with Gasteiger partial charge >= 0.3 is 0 Å². The van der Waals surface area contributed by atoms with Crippen molar-refractivity contribution in [1.29, 1.82) is 0 Å². The third kappa shape index (κ3) is 4.41. The molecule has 32 heavy (non-hydrogen) atoms. The van der Waals surface area contributed by atoms with Crippen LogP contribution in [-0.4, -0.2) is 99.4 Å². The van der Waals surface area contributed by atoms with E-state index in [0.29, 0.717) is 51.5 Å². The van der Waals surface area contributed by atoms with Crippen molar-refractivity contribution in [3.05, 3.63) is 23.8 Å². The van der Waals surface area contributed by atoms with Crippen LogP contribution in [0.15, 0.2) is 23.1 Å². The molecule has 0 saturated carbocycles.